The number of hydrogen-bond donors (Lipinski definition) is 7. The van der Waals surface area contributed by atoms with Crippen LogP contribution in [0.2, 0.25) is 0 Å². The molecule has 0 aromatic carbocycles. The zero-order valence-electron chi connectivity index (χ0n) is 36.1. The Labute approximate surface area is 339 Å². The van der Waals surface area contributed by atoms with Gasteiger partial charge in [-0.25, -0.2) is 0 Å². The van der Waals surface area contributed by atoms with E-state index in [1.54, 1.807) is 13.8 Å². The molecule has 4 saturated carbocycles. The fourth-order valence-corrected chi connectivity index (χ4v) is 13.7. The van der Waals surface area contributed by atoms with Gasteiger partial charge in [0, 0.05) is 12.3 Å². The second kappa shape index (κ2) is 15.9. The highest BCUT2D eigenvalue weighted by atomic mass is 16.7. The molecule has 0 radical (unpaired) electrons. The van der Waals surface area contributed by atoms with Crippen molar-refractivity contribution in [3.8, 4) is 0 Å². The monoisotopic (exact) mass is 811 g/mol. The minimum absolute atomic E-state index is 0.0185. The first-order valence-corrected chi connectivity index (χ1v) is 21.5. The Bertz CT molecular complexity index is 1480. The third-order valence-electron chi connectivity index (χ3n) is 16.7. The van der Waals surface area contributed by atoms with Gasteiger partial charge in [0.1, 0.15) is 42.7 Å². The van der Waals surface area contributed by atoms with Gasteiger partial charge >= 0.3 is 5.97 Å². The number of fused-ring (bicyclic) bond motifs is 5. The first-order chi connectivity index (χ1) is 26.3. The number of aliphatic hydroxyl groups excluding tert-OH is 6. The van der Waals surface area contributed by atoms with E-state index in [2.05, 4.69) is 54.5 Å². The Morgan fingerprint density at radius 3 is 1.82 bits per heavy atom. The molecule has 21 atom stereocenters. The van der Waals surface area contributed by atoms with Crippen molar-refractivity contribution < 1.29 is 64.2 Å². The second-order valence-corrected chi connectivity index (χ2v) is 20.8. The summed E-state index contributed by atoms with van der Waals surface area (Å²) in [6.45, 7) is 21.9. The number of aliphatic hydroxyl groups is 7. The number of carbonyl (C=O) groups is 1. The Morgan fingerprint density at radius 2 is 1.30 bits per heavy atom. The van der Waals surface area contributed by atoms with Crippen LogP contribution in [-0.4, -0.2) is 127 Å². The van der Waals surface area contributed by atoms with Crippen LogP contribution in [0.3, 0.4) is 0 Å². The van der Waals surface area contributed by atoms with Crippen LogP contribution in [0.1, 0.15) is 128 Å². The topological polar surface area (TPSA) is 205 Å². The van der Waals surface area contributed by atoms with E-state index in [-0.39, 0.29) is 34.5 Å². The highest BCUT2D eigenvalue weighted by Gasteiger charge is 2.74. The number of hydrogen-bond acceptors (Lipinski definition) is 13. The molecule has 13 nitrogen and oxygen atoms in total. The molecule has 2 saturated heterocycles. The van der Waals surface area contributed by atoms with Crippen molar-refractivity contribution in [1.82, 2.24) is 0 Å². The maximum Gasteiger partial charge on any atom is 0.303 e. The van der Waals surface area contributed by atoms with Gasteiger partial charge in [-0.1, -0.05) is 46.3 Å². The molecule has 2 heterocycles. The predicted octanol–water partition coefficient (Wildman–Crippen LogP) is 3.75. The van der Waals surface area contributed by atoms with Gasteiger partial charge in [0.25, 0.3) is 0 Å². The summed E-state index contributed by atoms with van der Waals surface area (Å²) >= 11 is 0. The van der Waals surface area contributed by atoms with E-state index in [9.17, 15) is 40.5 Å². The molecule has 6 aliphatic rings. The van der Waals surface area contributed by atoms with E-state index in [1.165, 1.54) is 12.5 Å². The first-order valence-electron chi connectivity index (χ1n) is 21.5. The minimum atomic E-state index is -1.56. The molecular weight excluding hydrogens is 736 g/mol. The maximum absolute atomic E-state index is 12.8. The lowest BCUT2D eigenvalue weighted by Gasteiger charge is -2.72. The average molecular weight is 811 g/mol. The maximum atomic E-state index is 12.8. The van der Waals surface area contributed by atoms with Crippen LogP contribution in [0.4, 0.5) is 0 Å². The average Bonchev–Trinajstić information content (AvgIpc) is 3.47. The van der Waals surface area contributed by atoms with Gasteiger partial charge in [-0.15, -0.1) is 0 Å². The molecule has 0 bridgehead atoms. The smallest absolute Gasteiger partial charge is 0.303 e. The van der Waals surface area contributed by atoms with E-state index < -0.39 is 102 Å². The van der Waals surface area contributed by atoms with Gasteiger partial charge in [0.05, 0.1) is 30.0 Å². The standard InChI is InChI=1S/C44H74O13/c1-21(2)13-12-16-44(11,52)25-14-17-42(9)26(25)19-27(56-38-34(50)32(48)30(46)22(3)53-38)36-41(8)20-28(57-39-35(51)33(49)31(47)23(4)54-39)37(55-24(5)45)40(6,7)29(41)15-18-43(36,42)10/h13,22-23,25-39,46-52H,12,14-20H2,1-11H3/t22-,23-,25+,26-,27-,28-,29+,30+,31+,32+,33+,34-,35-,36-,37-,38+,39+,41+,42-,43-,44+/m1/s1. The summed E-state index contributed by atoms with van der Waals surface area (Å²) in [7, 11) is 0. The van der Waals surface area contributed by atoms with Gasteiger partial charge in [-0.2, -0.15) is 0 Å². The second-order valence-electron chi connectivity index (χ2n) is 20.8. The number of allylic oxidation sites excluding steroid dienone is 2. The molecule has 6 rings (SSSR count). The van der Waals surface area contributed by atoms with Crippen molar-refractivity contribution in [3.05, 3.63) is 11.6 Å². The predicted molar refractivity (Wildman–Crippen MR) is 209 cm³/mol. The Kier molecular flexibility index (Phi) is 12.6. The number of esters is 1. The molecule has 4 aliphatic carbocycles. The van der Waals surface area contributed by atoms with E-state index >= 15 is 0 Å². The molecule has 328 valence electrons. The molecular formula is C44H74O13. The summed E-state index contributed by atoms with van der Waals surface area (Å²) in [6, 6.07) is 0. The van der Waals surface area contributed by atoms with Crippen LogP contribution in [0.25, 0.3) is 0 Å². The molecule has 0 aromatic heterocycles. The van der Waals surface area contributed by atoms with Gasteiger partial charge in [0.15, 0.2) is 12.6 Å². The largest absolute Gasteiger partial charge is 0.459 e. The summed E-state index contributed by atoms with van der Waals surface area (Å²) in [4.78, 5) is 12.8. The van der Waals surface area contributed by atoms with Gasteiger partial charge < -0.3 is 59.4 Å². The molecule has 57 heavy (non-hydrogen) atoms. The quantitative estimate of drug-likeness (QED) is 0.101. The number of rotatable bonds is 9. The molecule has 0 aromatic rings. The molecule has 13 heteroatoms. The molecule has 6 fully saturated rings. The summed E-state index contributed by atoms with van der Waals surface area (Å²) in [6.07, 6.45) is -7.00. The normalized spacial score (nSPS) is 51.8. The lowest BCUT2D eigenvalue weighted by molar-refractivity contribution is -0.352. The molecule has 0 unspecified atom stereocenters. The molecule has 2 aliphatic heterocycles. The van der Waals surface area contributed by atoms with Crippen molar-refractivity contribution >= 4 is 5.97 Å². The zero-order valence-corrected chi connectivity index (χ0v) is 36.1. The fraction of sp³-hybridized carbons (Fsp3) is 0.932. The highest BCUT2D eigenvalue weighted by molar-refractivity contribution is 5.66. The van der Waals surface area contributed by atoms with E-state index in [1.807, 2.05) is 6.92 Å². The zero-order chi connectivity index (χ0) is 42.4. The summed E-state index contributed by atoms with van der Waals surface area (Å²) < 4.78 is 31.9. The van der Waals surface area contributed by atoms with Crippen LogP contribution in [0.15, 0.2) is 11.6 Å². The van der Waals surface area contributed by atoms with Crippen molar-refractivity contribution in [2.45, 2.75) is 213 Å². The summed E-state index contributed by atoms with van der Waals surface area (Å²) in [5.41, 5.74) is -1.58. The van der Waals surface area contributed by atoms with Crippen molar-refractivity contribution in [1.29, 1.82) is 0 Å². The first kappa shape index (κ1) is 45.3. The Morgan fingerprint density at radius 1 is 0.772 bits per heavy atom. The van der Waals surface area contributed by atoms with Crippen LogP contribution >= 0.6 is 0 Å². The molecule has 7 N–H and O–H groups in total. The van der Waals surface area contributed by atoms with Gasteiger partial charge in [-0.05, 0) is 126 Å². The molecule has 0 spiro atoms. The molecule has 0 amide bonds. The van der Waals surface area contributed by atoms with Crippen LogP contribution < -0.4 is 0 Å². The lowest BCUT2D eigenvalue weighted by atomic mass is 9.34. The third-order valence-corrected chi connectivity index (χ3v) is 16.7. The summed E-state index contributed by atoms with van der Waals surface area (Å²) in [5, 5.41) is 77.4. The Balaban J connectivity index is 1.44. The van der Waals surface area contributed by atoms with Crippen LogP contribution in [0, 0.1) is 45.3 Å². The fourth-order valence-electron chi connectivity index (χ4n) is 13.7. The van der Waals surface area contributed by atoms with Crippen LogP contribution in [-0.2, 0) is 28.5 Å². The SMILES string of the molecule is CC(=O)O[C@@H]1[C@H](O[C@@H]2O[C@H](C)[C@H](O)[C@H](O)[C@H]2O)C[C@]2(C)[C@H]3[C@H](O[C@@H]4O[C@H](C)[C@H](O)[C@H](O)[C@H]4O)C[C@@H]4[C@@H]([C@@](C)(O)CCC=C(C)C)CC[C@@]4(C)[C@]3(C)CC[C@H]2C1(C)C. The van der Waals surface area contributed by atoms with E-state index in [0.29, 0.717) is 19.3 Å². The van der Waals surface area contributed by atoms with Gasteiger partial charge in [-0.3, -0.25) is 4.79 Å². The van der Waals surface area contributed by atoms with E-state index in [4.69, 9.17) is 23.7 Å². The van der Waals surface area contributed by atoms with Crippen LogP contribution in [0.5, 0.6) is 0 Å². The van der Waals surface area contributed by atoms with E-state index in [0.717, 1.165) is 32.1 Å². The highest BCUT2D eigenvalue weighted by Crippen LogP contribution is 2.76. The summed E-state index contributed by atoms with van der Waals surface area (Å²) in [5.74, 6) is -0.651. The minimum Gasteiger partial charge on any atom is -0.459 e. The number of carbonyl (C=O) groups excluding carboxylic acids is 1. The lowest BCUT2D eigenvalue weighted by Crippen LogP contribution is -2.71. The van der Waals surface area contributed by atoms with Crippen molar-refractivity contribution in [3.63, 3.8) is 0 Å². The Hall–Kier alpha value is -1.23. The number of ether oxygens (including phenoxy) is 5. The van der Waals surface area contributed by atoms with Crippen molar-refractivity contribution in [2.24, 2.45) is 45.3 Å². The third kappa shape index (κ3) is 7.59. The van der Waals surface area contributed by atoms with Crippen molar-refractivity contribution in [2.75, 3.05) is 0 Å². The van der Waals surface area contributed by atoms with Gasteiger partial charge in [0.2, 0.25) is 0 Å².